The van der Waals surface area contributed by atoms with Gasteiger partial charge in [0.2, 0.25) is 0 Å². The molecule has 0 fully saturated rings. The van der Waals surface area contributed by atoms with Crippen molar-refractivity contribution in [2.75, 3.05) is 6.61 Å². The standard InChI is InChI=1S/C12H14O3S/c1-2-14-12(13)15-11-4-3-9(7-11)10-5-6-16-8-10/h3-6,8-9,11H,2,7H2,1H3/t9-,11-/m0/s1. The molecule has 1 aliphatic carbocycles. The van der Waals surface area contributed by atoms with Crippen molar-refractivity contribution < 1.29 is 14.3 Å². The van der Waals surface area contributed by atoms with Crippen LogP contribution in [0.25, 0.3) is 0 Å². The van der Waals surface area contributed by atoms with E-state index in [9.17, 15) is 4.79 Å². The maximum Gasteiger partial charge on any atom is 0.508 e. The van der Waals surface area contributed by atoms with E-state index in [2.05, 4.69) is 22.9 Å². The Labute approximate surface area is 98.7 Å². The zero-order chi connectivity index (χ0) is 11.4. The third kappa shape index (κ3) is 2.64. The van der Waals surface area contributed by atoms with Gasteiger partial charge in [0.1, 0.15) is 6.10 Å². The highest BCUT2D eigenvalue weighted by molar-refractivity contribution is 7.08. The molecule has 1 aromatic rings. The van der Waals surface area contributed by atoms with Crippen LogP contribution in [-0.2, 0) is 9.47 Å². The summed E-state index contributed by atoms with van der Waals surface area (Å²) in [6, 6.07) is 2.10. The third-order valence-electron chi connectivity index (χ3n) is 2.53. The quantitative estimate of drug-likeness (QED) is 0.598. The maximum absolute atomic E-state index is 11.1. The lowest BCUT2D eigenvalue weighted by atomic mass is 10.0. The van der Waals surface area contributed by atoms with E-state index in [0.29, 0.717) is 12.5 Å². The minimum atomic E-state index is -0.580. The Kier molecular flexibility index (Phi) is 3.62. The Morgan fingerprint density at radius 2 is 2.44 bits per heavy atom. The lowest BCUT2D eigenvalue weighted by molar-refractivity contribution is 0.0398. The molecule has 0 saturated heterocycles. The normalized spacial score (nSPS) is 23.3. The predicted molar refractivity (Wildman–Crippen MR) is 62.7 cm³/mol. The molecule has 0 N–H and O–H groups in total. The van der Waals surface area contributed by atoms with Gasteiger partial charge in [-0.3, -0.25) is 0 Å². The topological polar surface area (TPSA) is 35.5 Å². The van der Waals surface area contributed by atoms with Crippen molar-refractivity contribution in [2.24, 2.45) is 0 Å². The van der Waals surface area contributed by atoms with Gasteiger partial charge in [0, 0.05) is 5.92 Å². The van der Waals surface area contributed by atoms with Crippen LogP contribution in [0.2, 0.25) is 0 Å². The molecule has 3 nitrogen and oxygen atoms in total. The van der Waals surface area contributed by atoms with Gasteiger partial charge < -0.3 is 9.47 Å². The molecule has 1 aromatic heterocycles. The van der Waals surface area contributed by atoms with Crippen LogP contribution in [0.4, 0.5) is 4.79 Å². The molecular formula is C12H14O3S. The van der Waals surface area contributed by atoms with Crippen molar-refractivity contribution in [1.29, 1.82) is 0 Å². The molecule has 0 aliphatic heterocycles. The van der Waals surface area contributed by atoms with Crippen LogP contribution < -0.4 is 0 Å². The van der Waals surface area contributed by atoms with E-state index in [-0.39, 0.29) is 6.10 Å². The van der Waals surface area contributed by atoms with E-state index in [1.54, 1.807) is 18.3 Å². The molecule has 1 aliphatic rings. The summed E-state index contributed by atoms with van der Waals surface area (Å²) in [6.07, 6.45) is 4.10. The molecular weight excluding hydrogens is 224 g/mol. The zero-order valence-corrected chi connectivity index (χ0v) is 9.91. The van der Waals surface area contributed by atoms with E-state index >= 15 is 0 Å². The summed E-state index contributed by atoms with van der Waals surface area (Å²) in [5.74, 6) is 0.366. The molecule has 2 atom stereocenters. The van der Waals surface area contributed by atoms with Gasteiger partial charge in [-0.25, -0.2) is 4.79 Å². The summed E-state index contributed by atoms with van der Waals surface area (Å²) in [4.78, 5) is 11.1. The first kappa shape index (κ1) is 11.2. The second-order valence-electron chi connectivity index (χ2n) is 3.62. The van der Waals surface area contributed by atoms with Crippen molar-refractivity contribution >= 4 is 17.5 Å². The molecule has 86 valence electrons. The molecule has 0 saturated carbocycles. The van der Waals surface area contributed by atoms with Gasteiger partial charge in [0.05, 0.1) is 6.61 Å². The molecule has 0 aromatic carbocycles. The van der Waals surface area contributed by atoms with E-state index in [0.717, 1.165) is 6.42 Å². The molecule has 0 radical (unpaired) electrons. The van der Waals surface area contributed by atoms with Crippen LogP contribution in [0.1, 0.15) is 24.8 Å². The summed E-state index contributed by atoms with van der Waals surface area (Å²) < 4.78 is 9.87. The monoisotopic (exact) mass is 238 g/mol. The zero-order valence-electron chi connectivity index (χ0n) is 9.09. The lowest BCUT2D eigenvalue weighted by Gasteiger charge is -2.11. The van der Waals surface area contributed by atoms with Crippen LogP contribution in [0.3, 0.4) is 0 Å². The highest BCUT2D eigenvalue weighted by atomic mass is 32.1. The van der Waals surface area contributed by atoms with Crippen molar-refractivity contribution in [3.8, 4) is 0 Å². The molecule has 0 bridgehead atoms. The van der Waals surface area contributed by atoms with Crippen LogP contribution in [-0.4, -0.2) is 18.9 Å². The van der Waals surface area contributed by atoms with E-state index < -0.39 is 6.16 Å². The fraction of sp³-hybridized carbons (Fsp3) is 0.417. The molecule has 0 amide bonds. The van der Waals surface area contributed by atoms with Crippen molar-refractivity contribution in [3.05, 3.63) is 34.5 Å². The second kappa shape index (κ2) is 5.16. The van der Waals surface area contributed by atoms with E-state index in [1.807, 2.05) is 6.08 Å². The SMILES string of the molecule is CCOC(=O)O[C@H]1C=C[C@H](c2ccsc2)C1. The molecule has 4 heteroatoms. The fourth-order valence-electron chi connectivity index (χ4n) is 1.76. The Hall–Kier alpha value is -1.29. The number of carbonyl (C=O) groups is 1. The van der Waals surface area contributed by atoms with Crippen LogP contribution in [0, 0.1) is 0 Å². The average molecular weight is 238 g/mol. The van der Waals surface area contributed by atoms with Crippen molar-refractivity contribution in [2.45, 2.75) is 25.4 Å². The Bertz CT molecular complexity index is 370. The summed E-state index contributed by atoms with van der Waals surface area (Å²) in [7, 11) is 0. The van der Waals surface area contributed by atoms with Gasteiger partial charge in [-0.1, -0.05) is 6.08 Å². The number of carbonyl (C=O) groups excluding carboxylic acids is 1. The number of hydrogen-bond acceptors (Lipinski definition) is 4. The maximum atomic E-state index is 11.1. The average Bonchev–Trinajstić information content (AvgIpc) is 2.86. The summed E-state index contributed by atoms with van der Waals surface area (Å²) in [5, 5.41) is 4.18. The lowest BCUT2D eigenvalue weighted by Crippen LogP contribution is -2.15. The smallest absolute Gasteiger partial charge is 0.435 e. The first-order valence-corrected chi connectivity index (χ1v) is 6.27. The van der Waals surface area contributed by atoms with Crippen molar-refractivity contribution in [1.82, 2.24) is 0 Å². The minimum Gasteiger partial charge on any atom is -0.435 e. The van der Waals surface area contributed by atoms with E-state index in [4.69, 9.17) is 9.47 Å². The molecule has 0 unspecified atom stereocenters. The Morgan fingerprint density at radius 1 is 1.56 bits per heavy atom. The molecule has 0 spiro atoms. The largest absolute Gasteiger partial charge is 0.508 e. The third-order valence-corrected chi connectivity index (χ3v) is 3.23. The molecule has 16 heavy (non-hydrogen) atoms. The van der Waals surface area contributed by atoms with Gasteiger partial charge in [-0.15, -0.1) is 0 Å². The van der Waals surface area contributed by atoms with Gasteiger partial charge in [-0.2, -0.15) is 11.3 Å². The fourth-order valence-corrected chi connectivity index (χ4v) is 2.49. The number of allylic oxidation sites excluding steroid dienone is 1. The summed E-state index contributed by atoms with van der Waals surface area (Å²) in [6.45, 7) is 2.11. The highest BCUT2D eigenvalue weighted by Crippen LogP contribution is 2.31. The molecule has 1 heterocycles. The Morgan fingerprint density at radius 3 is 3.12 bits per heavy atom. The van der Waals surface area contributed by atoms with Gasteiger partial charge in [-0.05, 0) is 41.8 Å². The highest BCUT2D eigenvalue weighted by Gasteiger charge is 2.23. The first-order chi connectivity index (χ1) is 7.79. The Balaban J connectivity index is 1.85. The van der Waals surface area contributed by atoms with Gasteiger partial charge >= 0.3 is 6.16 Å². The molecule has 2 rings (SSSR count). The first-order valence-electron chi connectivity index (χ1n) is 5.33. The number of rotatable bonds is 3. The predicted octanol–water partition coefficient (Wildman–Crippen LogP) is 3.33. The van der Waals surface area contributed by atoms with Crippen LogP contribution in [0.5, 0.6) is 0 Å². The van der Waals surface area contributed by atoms with Crippen LogP contribution in [0.15, 0.2) is 29.0 Å². The number of thiophene rings is 1. The van der Waals surface area contributed by atoms with E-state index in [1.165, 1.54) is 5.56 Å². The second-order valence-corrected chi connectivity index (χ2v) is 4.40. The summed E-state index contributed by atoms with van der Waals surface area (Å²) in [5.41, 5.74) is 1.29. The van der Waals surface area contributed by atoms with Gasteiger partial charge in [0.25, 0.3) is 0 Å². The van der Waals surface area contributed by atoms with Crippen molar-refractivity contribution in [3.63, 3.8) is 0 Å². The minimum absolute atomic E-state index is 0.149. The van der Waals surface area contributed by atoms with Crippen LogP contribution >= 0.6 is 11.3 Å². The number of hydrogen-bond donors (Lipinski definition) is 0. The van der Waals surface area contributed by atoms with Gasteiger partial charge in [0.15, 0.2) is 0 Å². The summed E-state index contributed by atoms with van der Waals surface area (Å²) >= 11 is 1.68. The number of ether oxygens (including phenoxy) is 2.